The third-order valence-corrected chi connectivity index (χ3v) is 7.67. The van der Waals surface area contributed by atoms with E-state index in [4.69, 9.17) is 0 Å². The Kier molecular flexibility index (Phi) is 9.12. The lowest BCUT2D eigenvalue weighted by atomic mass is 9.75. The molecule has 0 saturated heterocycles. The van der Waals surface area contributed by atoms with Gasteiger partial charge in [0.05, 0.1) is 0 Å². The van der Waals surface area contributed by atoms with Gasteiger partial charge in [-0.3, -0.25) is 0 Å². The number of aryl methyl sites for hydroxylation is 1. The minimum absolute atomic E-state index is 0.144. The number of halogens is 1. The summed E-state index contributed by atoms with van der Waals surface area (Å²) in [6.45, 7) is 4.39. The molecule has 1 fully saturated rings. The largest absolute Gasteiger partial charge is 0.206 e. The Morgan fingerprint density at radius 2 is 1.63 bits per heavy atom. The van der Waals surface area contributed by atoms with Gasteiger partial charge in [-0.15, -0.1) is 0 Å². The van der Waals surface area contributed by atoms with Crippen molar-refractivity contribution in [2.24, 2.45) is 5.92 Å². The Labute approximate surface area is 211 Å². The zero-order valence-electron chi connectivity index (χ0n) is 21.3. The standard InChI is InChI=1S/C34H39F/c1-3-4-6-9-28-17-23-33(34(35)25-28)22-14-27-12-18-31(19-13-27)32-20-15-29(16-21-32)24-26(2)30-10-7-5-8-11-30/h3-5,7-8,10-14,17-19,22-23,25-26,29,32H,6,9,15-16,20-21,24H2,1-2H3/b4-3+,22-14?/t26-,29?,32?/m0/s1. The van der Waals surface area contributed by atoms with Gasteiger partial charge in [0, 0.05) is 5.56 Å². The van der Waals surface area contributed by atoms with E-state index in [1.165, 1.54) is 43.2 Å². The van der Waals surface area contributed by atoms with Gasteiger partial charge in [-0.05, 0) is 97.9 Å². The molecule has 182 valence electrons. The maximum atomic E-state index is 14.5. The van der Waals surface area contributed by atoms with Crippen molar-refractivity contribution >= 4 is 12.2 Å². The Morgan fingerprint density at radius 1 is 0.886 bits per heavy atom. The molecule has 0 nitrogen and oxygen atoms in total. The summed E-state index contributed by atoms with van der Waals surface area (Å²) in [5.41, 5.74) is 5.74. The maximum absolute atomic E-state index is 14.5. The van der Waals surface area contributed by atoms with Gasteiger partial charge in [0.1, 0.15) is 5.82 Å². The van der Waals surface area contributed by atoms with E-state index >= 15 is 0 Å². The highest BCUT2D eigenvalue weighted by atomic mass is 19.1. The molecule has 0 N–H and O–H groups in total. The molecule has 4 rings (SSSR count). The van der Waals surface area contributed by atoms with Crippen LogP contribution in [0, 0.1) is 11.7 Å². The van der Waals surface area contributed by atoms with Gasteiger partial charge in [-0.25, -0.2) is 4.39 Å². The second-order valence-corrected chi connectivity index (χ2v) is 10.2. The molecule has 0 radical (unpaired) electrons. The molecule has 1 atom stereocenters. The predicted molar refractivity (Wildman–Crippen MR) is 149 cm³/mol. The summed E-state index contributed by atoms with van der Waals surface area (Å²) in [5, 5.41) is 0. The first kappa shape index (κ1) is 25.2. The molecule has 0 heterocycles. The lowest BCUT2D eigenvalue weighted by Gasteiger charge is -2.30. The van der Waals surface area contributed by atoms with Gasteiger partial charge in [-0.2, -0.15) is 0 Å². The van der Waals surface area contributed by atoms with Crippen molar-refractivity contribution in [1.82, 2.24) is 0 Å². The van der Waals surface area contributed by atoms with Crippen LogP contribution in [0.3, 0.4) is 0 Å². The minimum Gasteiger partial charge on any atom is -0.206 e. The van der Waals surface area contributed by atoms with E-state index in [2.05, 4.69) is 67.6 Å². The molecule has 3 aromatic carbocycles. The van der Waals surface area contributed by atoms with Crippen LogP contribution < -0.4 is 0 Å². The molecule has 0 aromatic heterocycles. The summed E-state index contributed by atoms with van der Waals surface area (Å²) in [6.07, 6.45) is 16.4. The predicted octanol–water partition coefficient (Wildman–Crippen LogP) is 9.97. The third-order valence-electron chi connectivity index (χ3n) is 7.67. The van der Waals surface area contributed by atoms with Crippen LogP contribution in [0.4, 0.5) is 4.39 Å². The number of rotatable bonds is 9. The van der Waals surface area contributed by atoms with Gasteiger partial charge in [0.2, 0.25) is 0 Å². The molecular weight excluding hydrogens is 427 g/mol. The van der Waals surface area contributed by atoms with Crippen LogP contribution in [-0.2, 0) is 6.42 Å². The average Bonchev–Trinajstić information content (AvgIpc) is 2.90. The van der Waals surface area contributed by atoms with E-state index in [0.717, 1.165) is 29.9 Å². The van der Waals surface area contributed by atoms with Gasteiger partial charge < -0.3 is 0 Å². The van der Waals surface area contributed by atoms with Gasteiger partial charge in [0.15, 0.2) is 0 Å². The molecule has 0 unspecified atom stereocenters. The maximum Gasteiger partial charge on any atom is 0.130 e. The van der Waals surface area contributed by atoms with E-state index in [-0.39, 0.29) is 5.82 Å². The first-order valence-corrected chi connectivity index (χ1v) is 13.3. The first-order valence-electron chi connectivity index (χ1n) is 13.3. The molecule has 1 heteroatoms. The third kappa shape index (κ3) is 7.28. The van der Waals surface area contributed by atoms with Crippen molar-refractivity contribution in [2.75, 3.05) is 0 Å². The first-order chi connectivity index (χ1) is 17.1. The van der Waals surface area contributed by atoms with E-state index in [9.17, 15) is 4.39 Å². The van der Waals surface area contributed by atoms with Crippen LogP contribution in [0.25, 0.3) is 12.2 Å². The van der Waals surface area contributed by atoms with Crippen LogP contribution in [0.1, 0.15) is 92.0 Å². The van der Waals surface area contributed by atoms with Gasteiger partial charge in [-0.1, -0.05) is 98.0 Å². The Bertz CT molecular complexity index is 1100. The topological polar surface area (TPSA) is 0 Å². The lowest BCUT2D eigenvalue weighted by Crippen LogP contribution is -2.15. The molecule has 3 aromatic rings. The summed E-state index contributed by atoms with van der Waals surface area (Å²) >= 11 is 0. The highest BCUT2D eigenvalue weighted by molar-refractivity contribution is 5.70. The fraction of sp³-hybridized carbons (Fsp3) is 0.353. The Morgan fingerprint density at radius 3 is 2.31 bits per heavy atom. The number of hydrogen-bond donors (Lipinski definition) is 0. The van der Waals surface area contributed by atoms with Crippen molar-refractivity contribution in [2.45, 2.75) is 70.6 Å². The molecule has 0 amide bonds. The molecule has 1 saturated carbocycles. The van der Waals surface area contributed by atoms with Crippen LogP contribution in [0.15, 0.2) is 84.9 Å². The van der Waals surface area contributed by atoms with Crippen LogP contribution in [0.5, 0.6) is 0 Å². The normalized spacial score (nSPS) is 19.4. The summed E-state index contributed by atoms with van der Waals surface area (Å²) in [6, 6.07) is 25.4. The SMILES string of the molecule is C/C=C/CCc1ccc(C=Cc2ccc(C3CCC(C[C@H](C)c4ccccc4)CC3)cc2)c(F)c1. The molecule has 1 aliphatic rings. The van der Waals surface area contributed by atoms with Crippen LogP contribution in [0.2, 0.25) is 0 Å². The monoisotopic (exact) mass is 466 g/mol. The highest BCUT2D eigenvalue weighted by Gasteiger charge is 2.24. The van der Waals surface area contributed by atoms with Crippen LogP contribution >= 0.6 is 0 Å². The summed E-state index contributed by atoms with van der Waals surface area (Å²) in [7, 11) is 0. The van der Waals surface area contributed by atoms with Crippen molar-refractivity contribution in [3.63, 3.8) is 0 Å². The van der Waals surface area contributed by atoms with Crippen molar-refractivity contribution < 1.29 is 4.39 Å². The zero-order valence-corrected chi connectivity index (χ0v) is 21.3. The Balaban J connectivity index is 1.28. The van der Waals surface area contributed by atoms with E-state index < -0.39 is 0 Å². The van der Waals surface area contributed by atoms with Crippen LogP contribution in [-0.4, -0.2) is 0 Å². The lowest BCUT2D eigenvalue weighted by molar-refractivity contribution is 0.297. The zero-order chi connectivity index (χ0) is 24.5. The van der Waals surface area contributed by atoms with Crippen molar-refractivity contribution in [3.8, 4) is 0 Å². The smallest absolute Gasteiger partial charge is 0.130 e. The Hall–Kier alpha value is -2.93. The van der Waals surface area contributed by atoms with E-state index in [0.29, 0.717) is 17.4 Å². The van der Waals surface area contributed by atoms with Gasteiger partial charge >= 0.3 is 0 Å². The second-order valence-electron chi connectivity index (χ2n) is 10.2. The van der Waals surface area contributed by atoms with Gasteiger partial charge in [0.25, 0.3) is 0 Å². The van der Waals surface area contributed by atoms with E-state index in [1.807, 2.05) is 37.3 Å². The van der Waals surface area contributed by atoms with Crippen molar-refractivity contribution in [1.29, 1.82) is 0 Å². The molecule has 0 spiro atoms. The van der Waals surface area contributed by atoms with E-state index in [1.54, 1.807) is 6.07 Å². The quantitative estimate of drug-likeness (QED) is 0.217. The summed E-state index contributed by atoms with van der Waals surface area (Å²) in [5.74, 6) is 2.01. The fourth-order valence-electron chi connectivity index (χ4n) is 5.49. The highest BCUT2D eigenvalue weighted by Crippen LogP contribution is 2.39. The summed E-state index contributed by atoms with van der Waals surface area (Å²) < 4.78 is 14.5. The molecule has 0 bridgehead atoms. The number of hydrogen-bond acceptors (Lipinski definition) is 0. The fourth-order valence-corrected chi connectivity index (χ4v) is 5.49. The summed E-state index contributed by atoms with van der Waals surface area (Å²) in [4.78, 5) is 0. The average molecular weight is 467 g/mol. The van der Waals surface area contributed by atoms with Crippen molar-refractivity contribution in [3.05, 3.63) is 119 Å². The number of benzene rings is 3. The molecule has 1 aliphatic carbocycles. The second kappa shape index (κ2) is 12.7. The molecular formula is C34H39F. The minimum atomic E-state index is -0.144. The number of allylic oxidation sites excluding steroid dienone is 2. The molecule has 0 aliphatic heterocycles. The molecule has 35 heavy (non-hydrogen) atoms.